The van der Waals surface area contributed by atoms with Gasteiger partial charge in [0.1, 0.15) is 0 Å². The number of hydrogen-bond donors (Lipinski definition) is 0. The molecule has 0 saturated carbocycles. The Balaban J connectivity index is 2.39. The summed E-state index contributed by atoms with van der Waals surface area (Å²) in [4.78, 5) is 0. The van der Waals surface area contributed by atoms with Gasteiger partial charge in [-0.05, 0) is 18.9 Å². The zero-order valence-electron chi connectivity index (χ0n) is 8.94. The van der Waals surface area contributed by atoms with Crippen molar-refractivity contribution in [2.45, 2.75) is 33.0 Å². The van der Waals surface area contributed by atoms with Crippen LogP contribution >= 0.6 is 0 Å². The molecule has 0 saturated heterocycles. The third kappa shape index (κ3) is 3.75. The van der Waals surface area contributed by atoms with Crippen molar-refractivity contribution in [1.29, 1.82) is 0 Å². The predicted octanol–water partition coefficient (Wildman–Crippen LogP) is 3.56. The summed E-state index contributed by atoms with van der Waals surface area (Å²) >= 11 is 0. The largest absolute Gasteiger partial charge is 0.369 e. The van der Waals surface area contributed by atoms with E-state index in [0.717, 1.165) is 6.42 Å². The van der Waals surface area contributed by atoms with E-state index in [4.69, 9.17) is 4.74 Å². The van der Waals surface area contributed by atoms with Crippen molar-refractivity contribution in [3.05, 3.63) is 48.0 Å². The van der Waals surface area contributed by atoms with Crippen LogP contribution < -0.4 is 0 Å². The first-order valence-electron chi connectivity index (χ1n) is 5.15. The molecule has 1 unspecified atom stereocenters. The zero-order valence-corrected chi connectivity index (χ0v) is 8.94. The van der Waals surface area contributed by atoms with E-state index in [1.807, 2.05) is 31.2 Å². The number of allylic oxidation sites excluding steroid dienone is 1. The molecule has 0 aliphatic carbocycles. The number of hydrogen-bond acceptors (Lipinski definition) is 1. The van der Waals surface area contributed by atoms with E-state index in [9.17, 15) is 0 Å². The Morgan fingerprint density at radius 3 is 2.57 bits per heavy atom. The minimum Gasteiger partial charge on any atom is -0.369 e. The smallest absolute Gasteiger partial charge is 0.0757 e. The maximum Gasteiger partial charge on any atom is 0.0757 e. The summed E-state index contributed by atoms with van der Waals surface area (Å²) in [5.41, 5.74) is 1.23. The van der Waals surface area contributed by atoms with E-state index in [-0.39, 0.29) is 6.10 Å². The van der Waals surface area contributed by atoms with Crippen LogP contribution in [0.5, 0.6) is 0 Å². The van der Waals surface area contributed by atoms with Crippen LogP contribution in [-0.2, 0) is 11.3 Å². The van der Waals surface area contributed by atoms with Crippen molar-refractivity contribution in [1.82, 2.24) is 0 Å². The van der Waals surface area contributed by atoms with Gasteiger partial charge in [0.2, 0.25) is 0 Å². The minimum absolute atomic E-state index is 0.250. The highest BCUT2D eigenvalue weighted by Crippen LogP contribution is 2.06. The third-order valence-corrected chi connectivity index (χ3v) is 2.12. The van der Waals surface area contributed by atoms with Crippen LogP contribution in [0.3, 0.4) is 0 Å². The van der Waals surface area contributed by atoms with Gasteiger partial charge in [-0.1, -0.05) is 49.4 Å². The summed E-state index contributed by atoms with van der Waals surface area (Å²) in [6, 6.07) is 10.3. The van der Waals surface area contributed by atoms with E-state index in [0.29, 0.717) is 6.61 Å². The molecule has 0 radical (unpaired) electrons. The third-order valence-electron chi connectivity index (χ3n) is 2.12. The van der Waals surface area contributed by atoms with E-state index in [1.54, 1.807) is 0 Å². The normalized spacial score (nSPS) is 13.3. The van der Waals surface area contributed by atoms with E-state index >= 15 is 0 Å². The lowest BCUT2D eigenvalue weighted by Gasteiger charge is -2.11. The Morgan fingerprint density at radius 2 is 2.00 bits per heavy atom. The number of benzene rings is 1. The van der Waals surface area contributed by atoms with Crippen molar-refractivity contribution in [3.63, 3.8) is 0 Å². The highest BCUT2D eigenvalue weighted by Gasteiger charge is 2.00. The fraction of sp³-hybridized carbons (Fsp3) is 0.385. The molecule has 1 rings (SSSR count). The first kappa shape index (κ1) is 11.0. The second-order valence-electron chi connectivity index (χ2n) is 3.27. The van der Waals surface area contributed by atoms with Gasteiger partial charge in [0.15, 0.2) is 0 Å². The maximum atomic E-state index is 5.73. The lowest BCUT2D eigenvalue weighted by atomic mass is 10.2. The van der Waals surface area contributed by atoms with E-state index in [2.05, 4.69) is 25.1 Å². The molecule has 0 aliphatic rings. The number of rotatable bonds is 5. The van der Waals surface area contributed by atoms with Gasteiger partial charge in [-0.25, -0.2) is 0 Å². The Labute approximate surface area is 86.4 Å². The molecule has 14 heavy (non-hydrogen) atoms. The number of ether oxygens (including phenoxy) is 1. The Hall–Kier alpha value is -1.08. The molecule has 0 amide bonds. The summed E-state index contributed by atoms with van der Waals surface area (Å²) in [6.07, 6.45) is 5.42. The van der Waals surface area contributed by atoms with Crippen LogP contribution in [0.25, 0.3) is 0 Å². The molecule has 1 heteroatoms. The Bertz CT molecular complexity index is 264. The molecule has 0 N–H and O–H groups in total. The summed E-state index contributed by atoms with van der Waals surface area (Å²) in [7, 11) is 0. The van der Waals surface area contributed by atoms with Gasteiger partial charge < -0.3 is 4.74 Å². The molecule has 1 aromatic rings. The average molecular weight is 190 g/mol. The van der Waals surface area contributed by atoms with E-state index in [1.165, 1.54) is 5.56 Å². The van der Waals surface area contributed by atoms with Gasteiger partial charge in [-0.15, -0.1) is 0 Å². The zero-order chi connectivity index (χ0) is 10.2. The quantitative estimate of drug-likeness (QED) is 0.645. The lowest BCUT2D eigenvalue weighted by molar-refractivity contribution is 0.0696. The van der Waals surface area contributed by atoms with Crippen LogP contribution in [-0.4, -0.2) is 6.10 Å². The molecule has 76 valence electrons. The van der Waals surface area contributed by atoms with Gasteiger partial charge in [-0.2, -0.15) is 0 Å². The van der Waals surface area contributed by atoms with Crippen molar-refractivity contribution < 1.29 is 4.74 Å². The Morgan fingerprint density at radius 1 is 1.29 bits per heavy atom. The molecular formula is C13H18O. The topological polar surface area (TPSA) is 9.23 Å². The van der Waals surface area contributed by atoms with Crippen molar-refractivity contribution >= 4 is 0 Å². The second-order valence-corrected chi connectivity index (χ2v) is 3.27. The first-order chi connectivity index (χ1) is 6.86. The molecule has 1 nitrogen and oxygen atoms in total. The molecule has 1 aromatic carbocycles. The van der Waals surface area contributed by atoms with Crippen LogP contribution in [0.2, 0.25) is 0 Å². The fourth-order valence-corrected chi connectivity index (χ4v) is 1.30. The fourth-order valence-electron chi connectivity index (χ4n) is 1.30. The minimum atomic E-state index is 0.250. The van der Waals surface area contributed by atoms with Crippen LogP contribution in [0.4, 0.5) is 0 Å². The predicted molar refractivity (Wildman–Crippen MR) is 60.1 cm³/mol. The molecule has 0 fully saturated rings. The van der Waals surface area contributed by atoms with Crippen LogP contribution in [0.15, 0.2) is 42.5 Å². The first-order valence-corrected chi connectivity index (χ1v) is 5.15. The highest BCUT2D eigenvalue weighted by atomic mass is 16.5. The molecule has 0 bridgehead atoms. The van der Waals surface area contributed by atoms with Gasteiger partial charge >= 0.3 is 0 Å². The van der Waals surface area contributed by atoms with Crippen molar-refractivity contribution in [3.8, 4) is 0 Å². The average Bonchev–Trinajstić information content (AvgIpc) is 2.25. The van der Waals surface area contributed by atoms with Gasteiger partial charge in [-0.3, -0.25) is 0 Å². The molecule has 0 spiro atoms. The second kappa shape index (κ2) is 6.39. The van der Waals surface area contributed by atoms with Gasteiger partial charge in [0.25, 0.3) is 0 Å². The maximum absolute atomic E-state index is 5.73. The van der Waals surface area contributed by atoms with Gasteiger partial charge in [0.05, 0.1) is 12.7 Å². The molecule has 0 aromatic heterocycles. The van der Waals surface area contributed by atoms with Crippen LogP contribution in [0.1, 0.15) is 25.8 Å². The summed E-state index contributed by atoms with van der Waals surface area (Å²) < 4.78 is 5.73. The van der Waals surface area contributed by atoms with Crippen molar-refractivity contribution in [2.24, 2.45) is 0 Å². The SMILES string of the molecule is C/C=C/C(CC)OCc1ccccc1. The standard InChI is InChI=1S/C13H18O/c1-3-8-13(4-2)14-11-12-9-6-5-7-10-12/h3,5-10,13H,4,11H2,1-2H3/b8-3+. The monoisotopic (exact) mass is 190 g/mol. The molecule has 1 atom stereocenters. The highest BCUT2D eigenvalue weighted by molar-refractivity contribution is 5.13. The summed E-state index contributed by atoms with van der Waals surface area (Å²) in [6.45, 7) is 4.86. The molecule has 0 heterocycles. The Kier molecular flexibility index (Phi) is 5.02. The summed E-state index contributed by atoms with van der Waals surface area (Å²) in [5, 5.41) is 0. The molecule has 0 aliphatic heterocycles. The van der Waals surface area contributed by atoms with Gasteiger partial charge in [0, 0.05) is 0 Å². The summed E-state index contributed by atoms with van der Waals surface area (Å²) in [5.74, 6) is 0. The lowest BCUT2D eigenvalue weighted by Crippen LogP contribution is -2.07. The van der Waals surface area contributed by atoms with E-state index < -0.39 is 0 Å². The van der Waals surface area contributed by atoms with Crippen molar-refractivity contribution in [2.75, 3.05) is 0 Å². The van der Waals surface area contributed by atoms with Crippen LogP contribution in [0, 0.1) is 0 Å². The molecular weight excluding hydrogens is 172 g/mol.